The lowest BCUT2D eigenvalue weighted by Gasteiger charge is -2.22. The summed E-state index contributed by atoms with van der Waals surface area (Å²) in [6, 6.07) is -0.546. The standard InChI is InChI=1S/C74H145NO5/c1-3-5-7-9-11-13-15-17-19-20-21-22-23-24-27-30-33-36-39-42-46-50-54-58-62-66-72(77)71(70-76)75-73(78)67-63-59-55-51-47-43-40-37-34-31-28-25-26-29-32-35-38-41-45-49-53-57-61-65-69-80-74(79)68-64-60-56-52-48-44-18-16-14-12-10-8-6-4-2/h28,31,71-72,76-77H,3-27,29-30,32-70H2,1-2H3,(H,75,78)/b31-28-. The van der Waals surface area contributed by atoms with Gasteiger partial charge in [0.2, 0.25) is 5.91 Å². The second-order valence-corrected chi connectivity index (χ2v) is 25.6. The molecule has 1 amide bonds. The number of aliphatic hydroxyl groups is 2. The molecule has 0 saturated carbocycles. The zero-order chi connectivity index (χ0) is 57.8. The fourth-order valence-corrected chi connectivity index (χ4v) is 11.9. The molecule has 0 aliphatic carbocycles. The number of rotatable bonds is 70. The second-order valence-electron chi connectivity index (χ2n) is 25.6. The summed E-state index contributed by atoms with van der Waals surface area (Å²) in [5.74, 6) is -0.0177. The number of hydrogen-bond donors (Lipinski definition) is 3. The maximum Gasteiger partial charge on any atom is 0.305 e. The molecule has 0 saturated heterocycles. The Kier molecular flexibility index (Phi) is 68.9. The molecule has 6 nitrogen and oxygen atoms in total. The van der Waals surface area contributed by atoms with Crippen molar-refractivity contribution < 1.29 is 24.5 Å². The highest BCUT2D eigenvalue weighted by molar-refractivity contribution is 5.76. The molecule has 0 aliphatic rings. The molecule has 2 unspecified atom stereocenters. The van der Waals surface area contributed by atoms with E-state index in [1.54, 1.807) is 0 Å². The molecule has 6 heteroatoms. The first-order chi connectivity index (χ1) is 39.5. The van der Waals surface area contributed by atoms with Crippen LogP contribution in [0.25, 0.3) is 0 Å². The highest BCUT2D eigenvalue weighted by atomic mass is 16.5. The van der Waals surface area contributed by atoms with Crippen LogP contribution in [0.3, 0.4) is 0 Å². The van der Waals surface area contributed by atoms with E-state index in [1.807, 2.05) is 0 Å². The lowest BCUT2D eigenvalue weighted by molar-refractivity contribution is -0.143. The number of unbranched alkanes of at least 4 members (excludes halogenated alkanes) is 57. The molecule has 3 N–H and O–H groups in total. The molecular weight excluding hydrogens is 983 g/mol. The predicted octanol–water partition coefficient (Wildman–Crippen LogP) is 23.9. The van der Waals surface area contributed by atoms with Crippen molar-refractivity contribution in [2.75, 3.05) is 13.2 Å². The molecule has 80 heavy (non-hydrogen) atoms. The normalized spacial score (nSPS) is 12.5. The Morgan fingerprint density at radius 2 is 0.588 bits per heavy atom. The summed E-state index contributed by atoms with van der Waals surface area (Å²) in [6.45, 7) is 5.00. The first kappa shape index (κ1) is 78.6. The SMILES string of the molecule is CCCCCCCCCCCCCCCCCCCCCCCCCCCC(O)C(CO)NC(=O)CCCCCCCCCC/C=C\CCCCCCCCCCCCCCOC(=O)CCCCCCCCCCCCCCCC. The minimum Gasteiger partial charge on any atom is -0.466 e. The van der Waals surface area contributed by atoms with Crippen LogP contribution in [0.4, 0.5) is 0 Å². The fraction of sp³-hybridized carbons (Fsp3) is 0.946. The summed E-state index contributed by atoms with van der Waals surface area (Å²) in [7, 11) is 0. The van der Waals surface area contributed by atoms with Gasteiger partial charge in [-0.15, -0.1) is 0 Å². The van der Waals surface area contributed by atoms with Crippen molar-refractivity contribution >= 4 is 11.9 Å². The van der Waals surface area contributed by atoms with Crippen molar-refractivity contribution in [1.82, 2.24) is 5.32 Å². The lowest BCUT2D eigenvalue weighted by Crippen LogP contribution is -2.45. The van der Waals surface area contributed by atoms with Gasteiger partial charge in [0, 0.05) is 12.8 Å². The number of nitrogens with one attached hydrogen (secondary N) is 1. The zero-order valence-corrected chi connectivity index (χ0v) is 54.6. The van der Waals surface area contributed by atoms with E-state index in [1.165, 1.54) is 353 Å². The summed E-state index contributed by atoms with van der Waals surface area (Å²) in [5.41, 5.74) is 0. The number of carbonyl (C=O) groups excluding carboxylic acids is 2. The Bertz CT molecular complexity index is 1210. The van der Waals surface area contributed by atoms with Crippen molar-refractivity contribution in [3.05, 3.63) is 12.2 Å². The van der Waals surface area contributed by atoms with E-state index < -0.39 is 12.1 Å². The summed E-state index contributed by atoms with van der Waals surface area (Å²) in [5, 5.41) is 23.5. The van der Waals surface area contributed by atoms with Crippen LogP contribution in [-0.4, -0.2) is 47.4 Å². The van der Waals surface area contributed by atoms with Gasteiger partial charge in [0.1, 0.15) is 0 Å². The van der Waals surface area contributed by atoms with Crippen molar-refractivity contribution in [3.63, 3.8) is 0 Å². The summed E-state index contributed by atoms with van der Waals surface area (Å²) in [4.78, 5) is 24.6. The fourth-order valence-electron chi connectivity index (χ4n) is 11.9. The van der Waals surface area contributed by atoms with Crippen molar-refractivity contribution in [2.24, 2.45) is 0 Å². The molecule has 0 bridgehead atoms. The first-order valence-corrected chi connectivity index (χ1v) is 36.9. The Labute approximate surface area is 501 Å². The summed E-state index contributed by atoms with van der Waals surface area (Å²) in [6.07, 6.45) is 87.0. The van der Waals surface area contributed by atoms with Gasteiger partial charge >= 0.3 is 5.97 Å². The van der Waals surface area contributed by atoms with E-state index in [2.05, 4.69) is 31.3 Å². The number of amides is 1. The molecule has 0 aromatic carbocycles. The third kappa shape index (κ3) is 65.7. The molecule has 0 aromatic rings. The molecular formula is C74H145NO5. The van der Waals surface area contributed by atoms with E-state index >= 15 is 0 Å². The number of aliphatic hydroxyl groups excluding tert-OH is 2. The van der Waals surface area contributed by atoms with Gasteiger partial charge in [0.15, 0.2) is 0 Å². The van der Waals surface area contributed by atoms with Crippen molar-refractivity contribution in [3.8, 4) is 0 Å². The average Bonchev–Trinajstić information content (AvgIpc) is 3.46. The third-order valence-electron chi connectivity index (χ3n) is 17.6. The topological polar surface area (TPSA) is 95.9 Å². The van der Waals surface area contributed by atoms with Crippen LogP contribution in [0.2, 0.25) is 0 Å². The predicted molar refractivity (Wildman–Crippen MR) is 352 cm³/mol. The quantitative estimate of drug-likeness (QED) is 0.0320. The largest absolute Gasteiger partial charge is 0.466 e. The van der Waals surface area contributed by atoms with Gasteiger partial charge in [-0.3, -0.25) is 9.59 Å². The molecule has 0 aliphatic heterocycles. The van der Waals surface area contributed by atoms with Crippen LogP contribution < -0.4 is 5.32 Å². The Morgan fingerprint density at radius 3 is 0.887 bits per heavy atom. The van der Waals surface area contributed by atoms with Crippen molar-refractivity contribution in [1.29, 1.82) is 0 Å². The van der Waals surface area contributed by atoms with Gasteiger partial charge < -0.3 is 20.3 Å². The van der Waals surface area contributed by atoms with Crippen LogP contribution in [-0.2, 0) is 14.3 Å². The van der Waals surface area contributed by atoms with Crippen LogP contribution in [0.15, 0.2) is 12.2 Å². The molecule has 2 atom stereocenters. The van der Waals surface area contributed by atoms with E-state index in [0.717, 1.165) is 38.5 Å². The van der Waals surface area contributed by atoms with Gasteiger partial charge in [-0.25, -0.2) is 0 Å². The Morgan fingerprint density at radius 1 is 0.338 bits per heavy atom. The van der Waals surface area contributed by atoms with Crippen LogP contribution in [0.5, 0.6) is 0 Å². The number of allylic oxidation sites excluding steroid dienone is 2. The Hall–Kier alpha value is -1.40. The number of hydrogen-bond acceptors (Lipinski definition) is 5. The van der Waals surface area contributed by atoms with Crippen LogP contribution >= 0.6 is 0 Å². The van der Waals surface area contributed by atoms with E-state index in [4.69, 9.17) is 4.74 Å². The third-order valence-corrected chi connectivity index (χ3v) is 17.6. The molecule has 0 spiro atoms. The van der Waals surface area contributed by atoms with Crippen LogP contribution in [0, 0.1) is 0 Å². The number of carbonyl (C=O) groups is 2. The van der Waals surface area contributed by atoms with Gasteiger partial charge in [0.25, 0.3) is 0 Å². The van der Waals surface area contributed by atoms with E-state index in [9.17, 15) is 19.8 Å². The molecule has 0 rings (SSSR count). The lowest BCUT2D eigenvalue weighted by atomic mass is 10.0. The maximum atomic E-state index is 12.6. The van der Waals surface area contributed by atoms with E-state index in [-0.39, 0.29) is 18.5 Å². The monoisotopic (exact) mass is 1130 g/mol. The summed E-state index contributed by atoms with van der Waals surface area (Å²) >= 11 is 0. The number of ether oxygens (including phenoxy) is 1. The Balaban J connectivity index is 3.39. The summed E-state index contributed by atoms with van der Waals surface area (Å²) < 4.78 is 5.49. The van der Waals surface area contributed by atoms with Crippen LogP contribution in [0.1, 0.15) is 425 Å². The highest BCUT2D eigenvalue weighted by Crippen LogP contribution is 2.20. The molecule has 0 aromatic heterocycles. The molecule has 0 fully saturated rings. The number of esters is 1. The maximum absolute atomic E-state index is 12.6. The van der Waals surface area contributed by atoms with Gasteiger partial charge in [0.05, 0.1) is 25.4 Å². The highest BCUT2D eigenvalue weighted by Gasteiger charge is 2.20. The average molecular weight is 1130 g/mol. The van der Waals surface area contributed by atoms with Crippen molar-refractivity contribution in [2.45, 2.75) is 437 Å². The smallest absolute Gasteiger partial charge is 0.305 e. The van der Waals surface area contributed by atoms with Gasteiger partial charge in [-0.05, 0) is 51.4 Å². The first-order valence-electron chi connectivity index (χ1n) is 36.9. The zero-order valence-electron chi connectivity index (χ0n) is 54.6. The molecule has 0 radical (unpaired) electrons. The minimum atomic E-state index is -0.668. The van der Waals surface area contributed by atoms with Gasteiger partial charge in [-0.1, -0.05) is 373 Å². The second kappa shape index (κ2) is 70.1. The molecule has 0 heterocycles. The molecule has 476 valence electrons. The van der Waals surface area contributed by atoms with E-state index in [0.29, 0.717) is 25.9 Å². The minimum absolute atomic E-state index is 0.0161. The van der Waals surface area contributed by atoms with Gasteiger partial charge in [-0.2, -0.15) is 0 Å².